The molecule has 2 saturated heterocycles. The fourth-order valence-electron chi connectivity index (χ4n) is 3.00. The van der Waals surface area contributed by atoms with E-state index in [9.17, 15) is 8.42 Å². The zero-order chi connectivity index (χ0) is 14.2. The van der Waals surface area contributed by atoms with Crippen molar-refractivity contribution >= 4 is 10.0 Å². The van der Waals surface area contributed by atoms with Gasteiger partial charge < -0.3 is 0 Å². The lowest BCUT2D eigenvalue weighted by Crippen LogP contribution is -2.52. The topological polar surface area (TPSA) is 77.3 Å². The molecule has 0 aromatic carbocycles. The van der Waals surface area contributed by atoms with Crippen molar-refractivity contribution in [1.82, 2.24) is 14.2 Å². The Morgan fingerprint density at radius 1 is 1.35 bits per heavy atom. The van der Waals surface area contributed by atoms with E-state index in [1.807, 2.05) is 6.07 Å². The first-order chi connectivity index (χ1) is 9.63. The predicted octanol–water partition coefficient (Wildman–Crippen LogP) is 0.422. The van der Waals surface area contributed by atoms with Crippen LogP contribution in [0.1, 0.15) is 18.5 Å². The Morgan fingerprint density at radius 3 is 3.00 bits per heavy atom. The minimum Gasteiger partial charge on any atom is -0.298 e. The summed E-state index contributed by atoms with van der Waals surface area (Å²) in [6.45, 7) is 2.83. The quantitative estimate of drug-likeness (QED) is 0.789. The molecule has 7 heteroatoms. The van der Waals surface area contributed by atoms with Gasteiger partial charge in [-0.3, -0.25) is 4.90 Å². The first kappa shape index (κ1) is 13.5. The van der Waals surface area contributed by atoms with Crippen LogP contribution in [0.5, 0.6) is 0 Å². The molecule has 6 nitrogen and oxygen atoms in total. The van der Waals surface area contributed by atoms with Crippen molar-refractivity contribution in [2.75, 3.05) is 26.2 Å². The van der Waals surface area contributed by atoms with E-state index in [4.69, 9.17) is 5.26 Å². The van der Waals surface area contributed by atoms with Gasteiger partial charge in [0.2, 0.25) is 10.0 Å². The van der Waals surface area contributed by atoms with Crippen molar-refractivity contribution in [2.24, 2.45) is 0 Å². The standard InChI is InChI=1S/C13H16N4O2S/c14-9-12-13(4-1-5-15-12)20(18,19)17-8-7-16-6-2-3-11(16)10-17/h1,4-5,11H,2-3,6-8,10H2. The number of aromatic nitrogens is 1. The second-order valence-corrected chi connectivity index (χ2v) is 7.06. The SMILES string of the molecule is N#Cc1ncccc1S(=O)(=O)N1CCN2CCCC2C1. The van der Waals surface area contributed by atoms with Crippen LogP contribution in [-0.4, -0.2) is 54.8 Å². The molecule has 0 spiro atoms. The molecule has 0 amide bonds. The van der Waals surface area contributed by atoms with Gasteiger partial charge in [-0.05, 0) is 31.5 Å². The molecule has 0 aliphatic carbocycles. The Hall–Kier alpha value is -1.49. The highest BCUT2D eigenvalue weighted by Gasteiger charge is 2.37. The van der Waals surface area contributed by atoms with Gasteiger partial charge >= 0.3 is 0 Å². The van der Waals surface area contributed by atoms with Gasteiger partial charge in [0.1, 0.15) is 11.0 Å². The van der Waals surface area contributed by atoms with E-state index in [-0.39, 0.29) is 10.6 Å². The predicted molar refractivity (Wildman–Crippen MR) is 72.3 cm³/mol. The van der Waals surface area contributed by atoms with Crippen molar-refractivity contribution in [3.05, 3.63) is 24.0 Å². The minimum absolute atomic E-state index is 0.0222. The van der Waals surface area contributed by atoms with Crippen LogP contribution in [0.2, 0.25) is 0 Å². The fourth-order valence-corrected chi connectivity index (χ4v) is 4.56. The molecule has 2 fully saturated rings. The van der Waals surface area contributed by atoms with Crippen LogP contribution in [0.4, 0.5) is 0 Å². The Bertz CT molecular complexity index is 653. The molecular formula is C13H16N4O2S. The highest BCUT2D eigenvalue weighted by Crippen LogP contribution is 2.26. The molecule has 2 aliphatic rings. The van der Waals surface area contributed by atoms with Crippen LogP contribution in [0.15, 0.2) is 23.2 Å². The molecule has 20 heavy (non-hydrogen) atoms. The lowest BCUT2D eigenvalue weighted by atomic mass is 10.2. The number of nitriles is 1. The monoisotopic (exact) mass is 292 g/mol. The summed E-state index contributed by atoms with van der Waals surface area (Å²) in [5.74, 6) is 0. The largest absolute Gasteiger partial charge is 0.298 e. The van der Waals surface area contributed by atoms with Gasteiger partial charge in [0, 0.05) is 31.9 Å². The van der Waals surface area contributed by atoms with Gasteiger partial charge in [-0.25, -0.2) is 13.4 Å². The average molecular weight is 292 g/mol. The number of fused-ring (bicyclic) bond motifs is 1. The van der Waals surface area contributed by atoms with Crippen molar-refractivity contribution in [2.45, 2.75) is 23.8 Å². The molecule has 0 saturated carbocycles. The van der Waals surface area contributed by atoms with Gasteiger partial charge in [-0.2, -0.15) is 9.57 Å². The maximum absolute atomic E-state index is 12.7. The van der Waals surface area contributed by atoms with E-state index >= 15 is 0 Å². The van der Waals surface area contributed by atoms with Crippen LogP contribution in [-0.2, 0) is 10.0 Å². The van der Waals surface area contributed by atoms with E-state index in [1.54, 1.807) is 6.07 Å². The maximum atomic E-state index is 12.7. The van der Waals surface area contributed by atoms with E-state index in [0.717, 1.165) is 25.9 Å². The van der Waals surface area contributed by atoms with Gasteiger partial charge in [0.25, 0.3) is 0 Å². The highest BCUT2D eigenvalue weighted by molar-refractivity contribution is 7.89. The number of sulfonamides is 1. The number of hydrogen-bond donors (Lipinski definition) is 0. The smallest absolute Gasteiger partial charge is 0.246 e. The Morgan fingerprint density at radius 2 is 2.20 bits per heavy atom. The zero-order valence-corrected chi connectivity index (χ0v) is 11.9. The Kier molecular flexibility index (Phi) is 3.46. The zero-order valence-electron chi connectivity index (χ0n) is 11.1. The normalized spacial score (nSPS) is 24.2. The Labute approximate surface area is 118 Å². The summed E-state index contributed by atoms with van der Waals surface area (Å²) in [7, 11) is -3.62. The van der Waals surface area contributed by atoms with E-state index in [1.165, 1.54) is 16.6 Å². The van der Waals surface area contributed by atoms with Crippen molar-refractivity contribution in [3.63, 3.8) is 0 Å². The summed E-state index contributed by atoms with van der Waals surface area (Å²) in [6.07, 6.45) is 3.62. The van der Waals surface area contributed by atoms with Gasteiger partial charge in [0.05, 0.1) is 0 Å². The molecular weight excluding hydrogens is 276 g/mol. The van der Waals surface area contributed by atoms with E-state index in [0.29, 0.717) is 19.1 Å². The molecule has 0 N–H and O–H groups in total. The first-order valence-electron chi connectivity index (χ1n) is 6.72. The molecule has 1 aromatic heterocycles. The minimum atomic E-state index is -3.62. The lowest BCUT2D eigenvalue weighted by molar-refractivity contribution is 0.158. The summed E-state index contributed by atoms with van der Waals surface area (Å²) in [6, 6.07) is 5.20. The number of nitrogens with zero attached hydrogens (tertiary/aromatic N) is 4. The van der Waals surface area contributed by atoms with E-state index < -0.39 is 10.0 Å². The van der Waals surface area contributed by atoms with Crippen molar-refractivity contribution in [3.8, 4) is 6.07 Å². The summed E-state index contributed by atoms with van der Waals surface area (Å²) in [4.78, 5) is 6.22. The highest BCUT2D eigenvalue weighted by atomic mass is 32.2. The molecule has 0 radical (unpaired) electrons. The second-order valence-electron chi connectivity index (χ2n) is 5.16. The van der Waals surface area contributed by atoms with Crippen LogP contribution in [0.3, 0.4) is 0 Å². The summed E-state index contributed by atoms with van der Waals surface area (Å²) >= 11 is 0. The molecule has 1 unspecified atom stereocenters. The third-order valence-electron chi connectivity index (χ3n) is 4.04. The van der Waals surface area contributed by atoms with Gasteiger partial charge in [-0.1, -0.05) is 0 Å². The maximum Gasteiger partial charge on any atom is 0.246 e. The molecule has 3 rings (SSSR count). The number of hydrogen-bond acceptors (Lipinski definition) is 5. The molecule has 3 heterocycles. The fraction of sp³-hybridized carbons (Fsp3) is 0.538. The molecule has 106 valence electrons. The van der Waals surface area contributed by atoms with Gasteiger partial charge in [-0.15, -0.1) is 0 Å². The van der Waals surface area contributed by atoms with Crippen molar-refractivity contribution < 1.29 is 8.42 Å². The summed E-state index contributed by atoms with van der Waals surface area (Å²) in [5.41, 5.74) is -0.0265. The van der Waals surface area contributed by atoms with Crippen LogP contribution >= 0.6 is 0 Å². The molecule has 0 bridgehead atoms. The van der Waals surface area contributed by atoms with Crippen LogP contribution in [0, 0.1) is 11.3 Å². The number of pyridine rings is 1. The molecule has 1 aromatic rings. The summed E-state index contributed by atoms with van der Waals surface area (Å²) in [5, 5.41) is 9.03. The lowest BCUT2D eigenvalue weighted by Gasteiger charge is -2.36. The first-order valence-corrected chi connectivity index (χ1v) is 8.16. The van der Waals surface area contributed by atoms with Crippen molar-refractivity contribution in [1.29, 1.82) is 5.26 Å². The second kappa shape index (κ2) is 5.13. The molecule has 2 aliphatic heterocycles. The van der Waals surface area contributed by atoms with Crippen LogP contribution in [0.25, 0.3) is 0 Å². The van der Waals surface area contributed by atoms with E-state index in [2.05, 4.69) is 9.88 Å². The van der Waals surface area contributed by atoms with Crippen LogP contribution < -0.4 is 0 Å². The number of rotatable bonds is 2. The number of piperazine rings is 1. The third kappa shape index (κ3) is 2.20. The average Bonchev–Trinajstić information content (AvgIpc) is 2.94. The third-order valence-corrected chi connectivity index (χ3v) is 5.94. The van der Waals surface area contributed by atoms with Gasteiger partial charge in [0.15, 0.2) is 5.69 Å². The summed E-state index contributed by atoms with van der Waals surface area (Å²) < 4.78 is 26.8. The molecule has 1 atom stereocenters. The Balaban J connectivity index is 1.91.